The molecule has 0 saturated carbocycles. The van der Waals surface area contributed by atoms with Crippen molar-refractivity contribution >= 4 is 11.6 Å². The molecule has 0 radical (unpaired) electrons. The zero-order valence-corrected chi connectivity index (χ0v) is 14.2. The number of hydrogen-bond acceptors (Lipinski definition) is 3. The fourth-order valence-electron chi connectivity index (χ4n) is 2.54. The number of nitro benzene ring substituents is 1. The Balaban J connectivity index is 2.05. The number of nitrogens with zero attached hydrogens (tertiary/aromatic N) is 1. The third-order valence-electron chi connectivity index (χ3n) is 3.79. The molecule has 5 heteroatoms. The Bertz CT molecular complexity index is 724. The van der Waals surface area contributed by atoms with Gasteiger partial charge in [0.15, 0.2) is 0 Å². The minimum Gasteiger partial charge on any atom is -0.346 e. The largest absolute Gasteiger partial charge is 0.346 e. The van der Waals surface area contributed by atoms with Crippen LogP contribution >= 0.6 is 0 Å². The molecule has 2 aromatic carbocycles. The standard InChI is InChI=1S/C19H22N2O3/c1-13(2)11-15-7-9-16(10-8-15)14(3)20-19(22)17-5-4-6-18(12-17)21(23)24/h4-10,12-14H,11H2,1-3H3,(H,20,22)/t14-/m1/s1. The minimum absolute atomic E-state index is 0.0895. The summed E-state index contributed by atoms with van der Waals surface area (Å²) in [6.07, 6.45) is 1.02. The number of amides is 1. The van der Waals surface area contributed by atoms with Gasteiger partial charge in [-0.1, -0.05) is 44.2 Å². The van der Waals surface area contributed by atoms with E-state index in [0.717, 1.165) is 12.0 Å². The molecular weight excluding hydrogens is 304 g/mol. The van der Waals surface area contributed by atoms with E-state index in [1.807, 2.05) is 19.1 Å². The lowest BCUT2D eigenvalue weighted by Gasteiger charge is -2.15. The number of rotatable bonds is 6. The summed E-state index contributed by atoms with van der Waals surface area (Å²) in [5.74, 6) is 0.277. The topological polar surface area (TPSA) is 72.2 Å². The Morgan fingerprint density at radius 3 is 2.38 bits per heavy atom. The van der Waals surface area contributed by atoms with Gasteiger partial charge in [0, 0.05) is 17.7 Å². The van der Waals surface area contributed by atoms with Crippen molar-refractivity contribution in [2.24, 2.45) is 5.92 Å². The number of nitro groups is 1. The van der Waals surface area contributed by atoms with Crippen LogP contribution in [0.5, 0.6) is 0 Å². The molecule has 24 heavy (non-hydrogen) atoms. The summed E-state index contributed by atoms with van der Waals surface area (Å²) >= 11 is 0. The van der Waals surface area contributed by atoms with Crippen molar-refractivity contribution < 1.29 is 9.72 Å². The normalized spacial score (nSPS) is 12.0. The van der Waals surface area contributed by atoms with Gasteiger partial charge >= 0.3 is 0 Å². The van der Waals surface area contributed by atoms with Crippen LogP contribution in [-0.4, -0.2) is 10.8 Å². The Morgan fingerprint density at radius 2 is 1.79 bits per heavy atom. The first-order valence-corrected chi connectivity index (χ1v) is 8.01. The van der Waals surface area contributed by atoms with Crippen molar-refractivity contribution in [3.05, 3.63) is 75.3 Å². The van der Waals surface area contributed by atoms with Gasteiger partial charge in [-0.3, -0.25) is 14.9 Å². The fourth-order valence-corrected chi connectivity index (χ4v) is 2.54. The van der Waals surface area contributed by atoms with E-state index in [9.17, 15) is 14.9 Å². The third kappa shape index (κ3) is 4.65. The smallest absolute Gasteiger partial charge is 0.270 e. The molecule has 0 unspecified atom stereocenters. The van der Waals surface area contributed by atoms with E-state index in [2.05, 4.69) is 31.3 Å². The summed E-state index contributed by atoms with van der Waals surface area (Å²) in [4.78, 5) is 22.6. The van der Waals surface area contributed by atoms with Crippen LogP contribution < -0.4 is 5.32 Å². The lowest BCUT2D eigenvalue weighted by Crippen LogP contribution is -2.26. The van der Waals surface area contributed by atoms with Crippen LogP contribution in [-0.2, 0) is 6.42 Å². The van der Waals surface area contributed by atoms with Crippen LogP contribution in [0.1, 0.15) is 48.3 Å². The highest BCUT2D eigenvalue weighted by atomic mass is 16.6. The van der Waals surface area contributed by atoms with E-state index in [4.69, 9.17) is 0 Å². The van der Waals surface area contributed by atoms with E-state index in [-0.39, 0.29) is 23.2 Å². The van der Waals surface area contributed by atoms with Crippen molar-refractivity contribution in [2.75, 3.05) is 0 Å². The van der Waals surface area contributed by atoms with E-state index < -0.39 is 4.92 Å². The van der Waals surface area contributed by atoms with E-state index in [1.54, 1.807) is 6.07 Å². The van der Waals surface area contributed by atoms with Crippen LogP contribution in [0.25, 0.3) is 0 Å². The van der Waals surface area contributed by atoms with Crippen LogP contribution in [0.4, 0.5) is 5.69 Å². The van der Waals surface area contributed by atoms with Crippen molar-refractivity contribution in [3.8, 4) is 0 Å². The highest BCUT2D eigenvalue weighted by Crippen LogP contribution is 2.17. The maximum Gasteiger partial charge on any atom is 0.270 e. The zero-order valence-electron chi connectivity index (χ0n) is 14.2. The first kappa shape index (κ1) is 17.7. The minimum atomic E-state index is -0.506. The zero-order chi connectivity index (χ0) is 17.7. The predicted molar refractivity (Wildman–Crippen MR) is 94.0 cm³/mol. The monoisotopic (exact) mass is 326 g/mol. The fraction of sp³-hybridized carbons (Fsp3) is 0.316. The van der Waals surface area contributed by atoms with Gasteiger partial charge in [0.05, 0.1) is 11.0 Å². The second-order valence-corrected chi connectivity index (χ2v) is 6.34. The van der Waals surface area contributed by atoms with Gasteiger partial charge in [-0.05, 0) is 36.5 Å². The molecule has 0 aromatic heterocycles. The van der Waals surface area contributed by atoms with Crippen molar-refractivity contribution in [3.63, 3.8) is 0 Å². The Labute approximate surface area is 141 Å². The van der Waals surface area contributed by atoms with Crippen molar-refractivity contribution in [1.29, 1.82) is 0 Å². The molecule has 0 aliphatic carbocycles. The van der Waals surface area contributed by atoms with E-state index in [0.29, 0.717) is 5.92 Å². The molecule has 0 fully saturated rings. The van der Waals surface area contributed by atoms with E-state index >= 15 is 0 Å². The Morgan fingerprint density at radius 1 is 1.12 bits per heavy atom. The molecule has 0 spiro atoms. The second kappa shape index (κ2) is 7.73. The number of nitrogens with one attached hydrogen (secondary N) is 1. The molecule has 2 aromatic rings. The van der Waals surface area contributed by atoms with Gasteiger partial charge in [-0.2, -0.15) is 0 Å². The molecule has 0 heterocycles. The molecule has 2 rings (SSSR count). The molecule has 0 bridgehead atoms. The van der Waals surface area contributed by atoms with Gasteiger partial charge in [0.2, 0.25) is 0 Å². The van der Waals surface area contributed by atoms with Crippen LogP contribution in [0.3, 0.4) is 0 Å². The third-order valence-corrected chi connectivity index (χ3v) is 3.79. The summed E-state index contributed by atoms with van der Waals surface area (Å²) in [5, 5.41) is 13.7. The van der Waals surface area contributed by atoms with Crippen LogP contribution in [0.15, 0.2) is 48.5 Å². The second-order valence-electron chi connectivity index (χ2n) is 6.34. The molecule has 0 aliphatic heterocycles. The highest BCUT2D eigenvalue weighted by Gasteiger charge is 2.14. The molecule has 0 aliphatic rings. The number of hydrogen-bond donors (Lipinski definition) is 1. The van der Waals surface area contributed by atoms with Gasteiger partial charge in [0.25, 0.3) is 11.6 Å². The van der Waals surface area contributed by atoms with Gasteiger partial charge in [-0.25, -0.2) is 0 Å². The van der Waals surface area contributed by atoms with Gasteiger partial charge < -0.3 is 5.32 Å². The lowest BCUT2D eigenvalue weighted by atomic mass is 10.00. The highest BCUT2D eigenvalue weighted by molar-refractivity contribution is 5.95. The molecule has 5 nitrogen and oxygen atoms in total. The Hall–Kier alpha value is -2.69. The molecule has 1 N–H and O–H groups in total. The average Bonchev–Trinajstić information content (AvgIpc) is 2.55. The quantitative estimate of drug-likeness (QED) is 0.636. The van der Waals surface area contributed by atoms with Gasteiger partial charge in [-0.15, -0.1) is 0 Å². The Kier molecular flexibility index (Phi) is 5.68. The number of carbonyl (C=O) groups is 1. The van der Waals surface area contributed by atoms with E-state index in [1.165, 1.54) is 23.8 Å². The van der Waals surface area contributed by atoms with Crippen LogP contribution in [0, 0.1) is 16.0 Å². The number of non-ortho nitro benzene ring substituents is 1. The lowest BCUT2D eigenvalue weighted by molar-refractivity contribution is -0.384. The van der Waals surface area contributed by atoms with Gasteiger partial charge in [0.1, 0.15) is 0 Å². The SMILES string of the molecule is CC(C)Cc1ccc([C@@H](C)NC(=O)c2cccc([N+](=O)[O-])c2)cc1. The first-order chi connectivity index (χ1) is 11.4. The van der Waals surface area contributed by atoms with Crippen molar-refractivity contribution in [2.45, 2.75) is 33.2 Å². The maximum absolute atomic E-state index is 12.3. The summed E-state index contributed by atoms with van der Waals surface area (Å²) in [7, 11) is 0. The predicted octanol–water partition coefficient (Wildman–Crippen LogP) is 4.28. The molecule has 0 saturated heterocycles. The first-order valence-electron chi connectivity index (χ1n) is 8.01. The summed E-state index contributed by atoms with van der Waals surface area (Å²) in [6, 6.07) is 13.7. The maximum atomic E-state index is 12.3. The van der Waals surface area contributed by atoms with Crippen LogP contribution in [0.2, 0.25) is 0 Å². The summed E-state index contributed by atoms with van der Waals surface area (Å²) in [5.41, 5.74) is 2.47. The number of benzene rings is 2. The average molecular weight is 326 g/mol. The molecule has 1 amide bonds. The molecule has 126 valence electrons. The molecular formula is C19H22N2O3. The molecule has 1 atom stereocenters. The van der Waals surface area contributed by atoms with Crippen molar-refractivity contribution in [1.82, 2.24) is 5.32 Å². The number of carbonyl (C=O) groups excluding carboxylic acids is 1. The summed E-state index contributed by atoms with van der Waals surface area (Å²) < 4.78 is 0. The summed E-state index contributed by atoms with van der Waals surface area (Å²) in [6.45, 7) is 6.25.